The van der Waals surface area contributed by atoms with Crippen LogP contribution in [0.15, 0.2) is 18.2 Å². The van der Waals surface area contributed by atoms with Crippen molar-refractivity contribution in [3.05, 3.63) is 18.2 Å². The summed E-state index contributed by atoms with van der Waals surface area (Å²) in [7, 11) is 0. The number of aliphatic hydroxyl groups is 1. The number of benzene rings is 1. The molecule has 0 radical (unpaired) electrons. The molecule has 0 aromatic heterocycles. The summed E-state index contributed by atoms with van der Waals surface area (Å²) in [5.74, 6) is 1.63. The minimum absolute atomic E-state index is 0.216. The highest BCUT2D eigenvalue weighted by atomic mass is 16.7. The Bertz CT molecular complexity index is 423. The van der Waals surface area contributed by atoms with Gasteiger partial charge in [-0.2, -0.15) is 0 Å². The smallest absolute Gasteiger partial charge is 0.231 e. The van der Waals surface area contributed by atoms with Crippen molar-refractivity contribution in [2.24, 2.45) is 0 Å². The van der Waals surface area contributed by atoms with Crippen LogP contribution < -0.4 is 19.7 Å². The molecule has 1 unspecified atom stereocenters. The van der Waals surface area contributed by atoms with Gasteiger partial charge in [0.25, 0.3) is 0 Å². The number of piperazine rings is 1. The lowest BCUT2D eigenvalue weighted by atomic mass is 10.1. The molecular weight excluding hydrogens is 232 g/mol. The van der Waals surface area contributed by atoms with Crippen LogP contribution >= 0.6 is 0 Å². The Hall–Kier alpha value is -1.46. The second-order valence-corrected chi connectivity index (χ2v) is 4.60. The van der Waals surface area contributed by atoms with Gasteiger partial charge in [0, 0.05) is 44.0 Å². The summed E-state index contributed by atoms with van der Waals surface area (Å²) in [6, 6.07) is 6.38. The summed E-state index contributed by atoms with van der Waals surface area (Å²) in [6.45, 7) is 3.35. The fraction of sp³-hybridized carbons (Fsp3) is 0.538. The third-order valence-electron chi connectivity index (χ3n) is 3.50. The van der Waals surface area contributed by atoms with Gasteiger partial charge in [0.1, 0.15) is 0 Å². The van der Waals surface area contributed by atoms with Gasteiger partial charge in [0.15, 0.2) is 11.5 Å². The number of nitrogens with zero attached hydrogens (tertiary/aromatic N) is 1. The fourth-order valence-corrected chi connectivity index (χ4v) is 2.57. The van der Waals surface area contributed by atoms with Crippen LogP contribution in [0.5, 0.6) is 11.5 Å². The van der Waals surface area contributed by atoms with E-state index in [1.807, 2.05) is 12.1 Å². The SMILES string of the molecule is OCCC1CNCCN1c1ccc2c(c1)OCO2. The summed E-state index contributed by atoms with van der Waals surface area (Å²) in [5.41, 5.74) is 1.14. The molecule has 98 valence electrons. The lowest BCUT2D eigenvalue weighted by Crippen LogP contribution is -2.51. The van der Waals surface area contributed by atoms with Crippen LogP contribution in [0.4, 0.5) is 5.69 Å². The molecule has 1 saturated heterocycles. The zero-order valence-electron chi connectivity index (χ0n) is 10.3. The molecule has 2 aliphatic rings. The molecule has 1 fully saturated rings. The standard InChI is InChI=1S/C13H18N2O3/c16-6-3-11-8-14-4-5-15(11)10-1-2-12-13(7-10)18-9-17-12/h1-2,7,11,14,16H,3-6,8-9H2. The van der Waals surface area contributed by atoms with E-state index in [0.717, 1.165) is 43.2 Å². The monoisotopic (exact) mass is 250 g/mol. The molecule has 2 N–H and O–H groups in total. The number of fused-ring (bicyclic) bond motifs is 1. The van der Waals surface area contributed by atoms with E-state index in [2.05, 4.69) is 16.3 Å². The Morgan fingerprint density at radius 1 is 1.33 bits per heavy atom. The van der Waals surface area contributed by atoms with Gasteiger partial charge in [0.2, 0.25) is 6.79 Å². The molecule has 0 aliphatic carbocycles. The third kappa shape index (κ3) is 2.11. The Kier molecular flexibility index (Phi) is 3.25. The third-order valence-corrected chi connectivity index (χ3v) is 3.50. The van der Waals surface area contributed by atoms with Gasteiger partial charge in [-0.3, -0.25) is 0 Å². The van der Waals surface area contributed by atoms with Crippen LogP contribution in [-0.2, 0) is 0 Å². The van der Waals surface area contributed by atoms with Gasteiger partial charge in [0.05, 0.1) is 0 Å². The van der Waals surface area contributed by atoms with E-state index < -0.39 is 0 Å². The van der Waals surface area contributed by atoms with Crippen molar-refractivity contribution in [3.63, 3.8) is 0 Å². The number of rotatable bonds is 3. The molecule has 18 heavy (non-hydrogen) atoms. The maximum Gasteiger partial charge on any atom is 0.231 e. The molecule has 2 heterocycles. The zero-order valence-corrected chi connectivity index (χ0v) is 10.3. The summed E-state index contributed by atoms with van der Waals surface area (Å²) < 4.78 is 10.7. The van der Waals surface area contributed by atoms with Gasteiger partial charge in [-0.15, -0.1) is 0 Å². The Labute approximate surface area is 106 Å². The summed E-state index contributed by atoms with van der Waals surface area (Å²) >= 11 is 0. The lowest BCUT2D eigenvalue weighted by Gasteiger charge is -2.37. The molecule has 1 aromatic rings. The average Bonchev–Trinajstić information content (AvgIpc) is 2.87. The summed E-state index contributed by atoms with van der Waals surface area (Å²) in [6.07, 6.45) is 0.779. The minimum Gasteiger partial charge on any atom is -0.454 e. The van der Waals surface area contributed by atoms with Crippen molar-refractivity contribution in [1.29, 1.82) is 0 Å². The number of ether oxygens (including phenoxy) is 2. The van der Waals surface area contributed by atoms with Crippen LogP contribution in [0.25, 0.3) is 0 Å². The highest BCUT2D eigenvalue weighted by molar-refractivity contribution is 5.58. The van der Waals surface area contributed by atoms with Crippen molar-refractivity contribution in [2.45, 2.75) is 12.5 Å². The molecule has 0 spiro atoms. The quantitative estimate of drug-likeness (QED) is 0.821. The normalized spacial score (nSPS) is 22.3. The van der Waals surface area contributed by atoms with Crippen LogP contribution in [-0.4, -0.2) is 44.2 Å². The summed E-state index contributed by atoms with van der Waals surface area (Å²) in [4.78, 5) is 2.33. The molecule has 1 aromatic carbocycles. The molecule has 5 nitrogen and oxygen atoms in total. The number of anilines is 1. The molecule has 0 bridgehead atoms. The van der Waals surface area contributed by atoms with Gasteiger partial charge < -0.3 is 24.8 Å². The summed E-state index contributed by atoms with van der Waals surface area (Å²) in [5, 5.41) is 12.5. The Morgan fingerprint density at radius 2 is 2.22 bits per heavy atom. The molecule has 0 amide bonds. The molecule has 3 rings (SSSR count). The first kappa shape index (κ1) is 11.6. The second kappa shape index (κ2) is 5.04. The number of hydrogen-bond donors (Lipinski definition) is 2. The van der Waals surface area contributed by atoms with Crippen molar-refractivity contribution in [1.82, 2.24) is 5.32 Å². The largest absolute Gasteiger partial charge is 0.454 e. The average molecular weight is 250 g/mol. The number of nitrogens with one attached hydrogen (secondary N) is 1. The Balaban J connectivity index is 1.83. The van der Waals surface area contributed by atoms with Crippen LogP contribution in [0, 0.1) is 0 Å². The predicted octanol–water partition coefficient (Wildman–Crippen LogP) is 0.576. The highest BCUT2D eigenvalue weighted by Crippen LogP contribution is 2.36. The number of aliphatic hydroxyl groups excluding tert-OH is 1. The topological polar surface area (TPSA) is 54.0 Å². The van der Waals surface area contributed by atoms with Crippen LogP contribution in [0.3, 0.4) is 0 Å². The van der Waals surface area contributed by atoms with Gasteiger partial charge in [-0.25, -0.2) is 0 Å². The maximum atomic E-state index is 9.14. The van der Waals surface area contributed by atoms with Crippen molar-refractivity contribution >= 4 is 5.69 Å². The van der Waals surface area contributed by atoms with Gasteiger partial charge >= 0.3 is 0 Å². The fourth-order valence-electron chi connectivity index (χ4n) is 2.57. The van der Waals surface area contributed by atoms with Crippen molar-refractivity contribution in [2.75, 3.05) is 37.9 Å². The van der Waals surface area contributed by atoms with Crippen molar-refractivity contribution < 1.29 is 14.6 Å². The lowest BCUT2D eigenvalue weighted by molar-refractivity contribution is 0.174. The first-order valence-corrected chi connectivity index (χ1v) is 6.36. The van der Waals surface area contributed by atoms with E-state index in [1.54, 1.807) is 0 Å². The van der Waals surface area contributed by atoms with E-state index >= 15 is 0 Å². The molecule has 2 aliphatic heterocycles. The zero-order chi connectivity index (χ0) is 12.4. The van der Waals surface area contributed by atoms with E-state index in [9.17, 15) is 0 Å². The molecule has 1 atom stereocenters. The van der Waals surface area contributed by atoms with E-state index in [1.165, 1.54) is 0 Å². The highest BCUT2D eigenvalue weighted by Gasteiger charge is 2.23. The molecule has 5 heteroatoms. The first-order valence-electron chi connectivity index (χ1n) is 6.36. The van der Waals surface area contributed by atoms with Crippen molar-refractivity contribution in [3.8, 4) is 11.5 Å². The Morgan fingerprint density at radius 3 is 3.11 bits per heavy atom. The van der Waals surface area contributed by atoms with Gasteiger partial charge in [-0.1, -0.05) is 0 Å². The maximum absolute atomic E-state index is 9.14. The van der Waals surface area contributed by atoms with Gasteiger partial charge in [-0.05, 0) is 18.6 Å². The van der Waals surface area contributed by atoms with E-state index in [-0.39, 0.29) is 6.61 Å². The molecule has 0 saturated carbocycles. The van der Waals surface area contributed by atoms with E-state index in [0.29, 0.717) is 12.8 Å². The number of hydrogen-bond acceptors (Lipinski definition) is 5. The van der Waals surface area contributed by atoms with Crippen LogP contribution in [0.1, 0.15) is 6.42 Å². The predicted molar refractivity (Wildman–Crippen MR) is 68.3 cm³/mol. The first-order chi connectivity index (χ1) is 8.88. The molecular formula is C13H18N2O3. The second-order valence-electron chi connectivity index (χ2n) is 4.60. The minimum atomic E-state index is 0.216. The van der Waals surface area contributed by atoms with E-state index in [4.69, 9.17) is 14.6 Å². The van der Waals surface area contributed by atoms with Crippen LogP contribution in [0.2, 0.25) is 0 Å².